The Hall–Kier alpha value is -3.38. The van der Waals surface area contributed by atoms with Crippen LogP contribution in [0.3, 0.4) is 0 Å². The lowest BCUT2D eigenvalue weighted by atomic mass is 9.96. The fourth-order valence-electron chi connectivity index (χ4n) is 2.06. The molecule has 1 aliphatic heterocycles. The largest absolute Gasteiger partial charge is 0.382 e. The van der Waals surface area contributed by atoms with Crippen molar-refractivity contribution in [2.45, 2.75) is 5.79 Å². The van der Waals surface area contributed by atoms with E-state index >= 15 is 0 Å². The van der Waals surface area contributed by atoms with Gasteiger partial charge >= 0.3 is 0 Å². The van der Waals surface area contributed by atoms with Crippen LogP contribution in [0, 0.1) is 11.3 Å². The van der Waals surface area contributed by atoms with Gasteiger partial charge in [-0.2, -0.15) is 10.4 Å². The molecule has 0 amide bonds. The monoisotopic (exact) mass is 293 g/mol. The van der Waals surface area contributed by atoms with E-state index in [0.717, 1.165) is 0 Å². The molecule has 9 nitrogen and oxygen atoms in total. The summed E-state index contributed by atoms with van der Waals surface area (Å²) < 4.78 is 0. The van der Waals surface area contributed by atoms with Crippen molar-refractivity contribution in [3.05, 3.63) is 53.5 Å². The van der Waals surface area contributed by atoms with Crippen LogP contribution >= 0.6 is 0 Å². The van der Waals surface area contributed by atoms with E-state index in [1.54, 1.807) is 30.3 Å². The maximum absolute atomic E-state index is 9.23. The maximum atomic E-state index is 9.23. The summed E-state index contributed by atoms with van der Waals surface area (Å²) in [5.74, 6) is -1.06. The topological polar surface area (TPSA) is 154 Å². The van der Waals surface area contributed by atoms with E-state index in [-0.39, 0.29) is 5.82 Å². The van der Waals surface area contributed by atoms with Gasteiger partial charge in [-0.1, -0.05) is 18.2 Å². The Morgan fingerprint density at radius 3 is 2.82 bits per heavy atom. The minimum atomic E-state index is -1.58. The molecule has 9 heteroatoms. The minimum absolute atomic E-state index is 0.105. The van der Waals surface area contributed by atoms with Crippen LogP contribution in [0.15, 0.2) is 62.8 Å². The second-order valence-corrected chi connectivity index (χ2v) is 4.49. The lowest BCUT2D eigenvalue weighted by molar-refractivity contribution is 0.564. The molecule has 0 fully saturated rings. The third-order valence-electron chi connectivity index (χ3n) is 3.05. The molecule has 0 bridgehead atoms. The van der Waals surface area contributed by atoms with Crippen LogP contribution in [0.4, 0.5) is 5.82 Å². The highest BCUT2D eigenvalue weighted by Gasteiger charge is 2.39. The molecular formula is C13H11N9. The van der Waals surface area contributed by atoms with Gasteiger partial charge in [-0.25, -0.2) is 0 Å². The molecule has 5 N–H and O–H groups in total. The SMILES string of the molecule is N#Cc1ccccc1C1=C(N)N=NC1(N)N=Nc1ccn[nH]1. The highest BCUT2D eigenvalue weighted by molar-refractivity contribution is 5.79. The summed E-state index contributed by atoms with van der Waals surface area (Å²) in [5, 5.41) is 31.2. The number of aromatic amines is 1. The van der Waals surface area contributed by atoms with Crippen LogP contribution in [0.1, 0.15) is 11.1 Å². The molecule has 0 radical (unpaired) electrons. The summed E-state index contributed by atoms with van der Waals surface area (Å²) in [6, 6.07) is 10.6. The Kier molecular flexibility index (Phi) is 3.21. The fourth-order valence-corrected chi connectivity index (χ4v) is 2.06. The lowest BCUT2D eigenvalue weighted by Gasteiger charge is -2.18. The van der Waals surface area contributed by atoms with Crippen molar-refractivity contribution >= 4 is 11.4 Å². The first-order valence-electron chi connectivity index (χ1n) is 6.28. The van der Waals surface area contributed by atoms with Crippen molar-refractivity contribution in [1.82, 2.24) is 10.2 Å². The molecule has 1 atom stereocenters. The van der Waals surface area contributed by atoms with Crippen molar-refractivity contribution in [1.29, 1.82) is 5.26 Å². The van der Waals surface area contributed by atoms with Crippen molar-refractivity contribution in [3.63, 3.8) is 0 Å². The summed E-state index contributed by atoms with van der Waals surface area (Å²) in [6.45, 7) is 0. The van der Waals surface area contributed by atoms with Crippen molar-refractivity contribution < 1.29 is 0 Å². The van der Waals surface area contributed by atoms with Gasteiger partial charge in [0.1, 0.15) is 0 Å². The van der Waals surface area contributed by atoms with E-state index in [9.17, 15) is 5.26 Å². The molecule has 0 saturated heterocycles. The highest BCUT2D eigenvalue weighted by Crippen LogP contribution is 2.37. The van der Waals surface area contributed by atoms with Gasteiger partial charge in [0.25, 0.3) is 5.79 Å². The van der Waals surface area contributed by atoms with E-state index < -0.39 is 5.79 Å². The average Bonchev–Trinajstić information content (AvgIpc) is 3.14. The van der Waals surface area contributed by atoms with Crippen molar-refractivity contribution in [2.24, 2.45) is 31.9 Å². The molecule has 108 valence electrons. The number of rotatable bonds is 3. The van der Waals surface area contributed by atoms with Gasteiger partial charge in [0.05, 0.1) is 23.4 Å². The number of hydrogen-bond acceptors (Lipinski definition) is 8. The number of azo groups is 2. The number of aromatic nitrogens is 2. The molecule has 1 aliphatic rings. The van der Waals surface area contributed by atoms with E-state index in [4.69, 9.17) is 11.5 Å². The number of benzene rings is 1. The predicted molar refractivity (Wildman–Crippen MR) is 77.1 cm³/mol. The predicted octanol–water partition coefficient (Wildman–Crippen LogP) is 1.77. The third kappa shape index (κ3) is 2.23. The molecule has 1 aromatic heterocycles. The van der Waals surface area contributed by atoms with Crippen LogP contribution in [0.25, 0.3) is 5.57 Å². The number of nitriles is 1. The summed E-state index contributed by atoms with van der Waals surface area (Å²) in [6.07, 6.45) is 1.53. The van der Waals surface area contributed by atoms with Gasteiger partial charge in [0.2, 0.25) is 0 Å². The van der Waals surface area contributed by atoms with Crippen LogP contribution in [0.5, 0.6) is 0 Å². The first-order valence-corrected chi connectivity index (χ1v) is 6.28. The van der Waals surface area contributed by atoms with Gasteiger partial charge in [0, 0.05) is 11.6 Å². The van der Waals surface area contributed by atoms with Crippen LogP contribution in [-0.4, -0.2) is 16.0 Å². The maximum Gasteiger partial charge on any atom is 0.271 e. The Morgan fingerprint density at radius 1 is 1.27 bits per heavy atom. The Bertz CT molecular complexity index is 825. The Morgan fingerprint density at radius 2 is 2.09 bits per heavy atom. The summed E-state index contributed by atoms with van der Waals surface area (Å²) in [5.41, 5.74) is 13.3. The Labute approximate surface area is 125 Å². The van der Waals surface area contributed by atoms with Gasteiger partial charge in [-0.15, -0.1) is 20.5 Å². The number of nitrogens with one attached hydrogen (secondary N) is 1. The molecule has 1 unspecified atom stereocenters. The third-order valence-corrected chi connectivity index (χ3v) is 3.05. The van der Waals surface area contributed by atoms with Crippen molar-refractivity contribution in [2.75, 3.05) is 0 Å². The average molecular weight is 293 g/mol. The van der Waals surface area contributed by atoms with Crippen LogP contribution < -0.4 is 11.5 Å². The zero-order chi connectivity index (χ0) is 15.6. The van der Waals surface area contributed by atoms with E-state index in [1.807, 2.05) is 0 Å². The van der Waals surface area contributed by atoms with E-state index in [2.05, 4.69) is 36.7 Å². The molecule has 0 spiro atoms. The molecule has 0 aliphatic carbocycles. The number of nitrogens with zero attached hydrogens (tertiary/aromatic N) is 6. The van der Waals surface area contributed by atoms with E-state index in [1.165, 1.54) is 6.20 Å². The number of H-pyrrole nitrogens is 1. The molecule has 22 heavy (non-hydrogen) atoms. The number of nitrogens with two attached hydrogens (primary N) is 2. The lowest BCUT2D eigenvalue weighted by Crippen LogP contribution is -2.35. The molecule has 2 heterocycles. The molecule has 0 saturated carbocycles. The normalized spacial score (nSPS) is 20.7. The summed E-state index contributed by atoms with van der Waals surface area (Å²) in [4.78, 5) is 0. The van der Waals surface area contributed by atoms with E-state index in [0.29, 0.717) is 22.5 Å². The second-order valence-electron chi connectivity index (χ2n) is 4.49. The zero-order valence-corrected chi connectivity index (χ0v) is 11.3. The van der Waals surface area contributed by atoms with Gasteiger partial charge in [-0.05, 0) is 6.07 Å². The molecule has 2 aromatic rings. The number of hydrogen-bond donors (Lipinski definition) is 3. The summed E-state index contributed by atoms with van der Waals surface area (Å²) >= 11 is 0. The smallest absolute Gasteiger partial charge is 0.271 e. The van der Waals surface area contributed by atoms with Gasteiger partial charge in [0.15, 0.2) is 11.6 Å². The highest BCUT2D eigenvalue weighted by atomic mass is 15.4. The van der Waals surface area contributed by atoms with Gasteiger partial charge < -0.3 is 5.73 Å². The first kappa shape index (κ1) is 13.6. The second kappa shape index (κ2) is 5.19. The van der Waals surface area contributed by atoms with Gasteiger partial charge in [-0.3, -0.25) is 10.8 Å². The fraction of sp³-hybridized carbons (Fsp3) is 0.0769. The molecular weight excluding hydrogens is 282 g/mol. The quantitative estimate of drug-likeness (QED) is 0.737. The standard InChI is InChI=1S/C13H11N9/c14-7-8-3-1-2-4-9(8)11-12(15)20-22-13(11,16)21-19-10-5-6-17-18-10/h1-6H,15-16H2,(H,17,18). The van der Waals surface area contributed by atoms with Crippen LogP contribution in [0.2, 0.25) is 0 Å². The minimum Gasteiger partial charge on any atom is -0.382 e. The first-order chi connectivity index (χ1) is 10.6. The molecule has 1 aromatic carbocycles. The zero-order valence-electron chi connectivity index (χ0n) is 11.3. The summed E-state index contributed by atoms with van der Waals surface area (Å²) in [7, 11) is 0. The molecule has 3 rings (SSSR count). The Balaban J connectivity index is 2.06. The van der Waals surface area contributed by atoms with Crippen LogP contribution in [-0.2, 0) is 0 Å². The van der Waals surface area contributed by atoms with Crippen molar-refractivity contribution in [3.8, 4) is 6.07 Å².